The molecule has 1 aliphatic heterocycles. The number of sulfonamides is 1. The molecule has 1 aliphatic rings. The molecule has 0 saturated carbocycles. The predicted molar refractivity (Wildman–Crippen MR) is 105 cm³/mol. The van der Waals surface area contributed by atoms with E-state index in [4.69, 9.17) is 0 Å². The van der Waals surface area contributed by atoms with Crippen LogP contribution in [0.2, 0.25) is 0 Å². The summed E-state index contributed by atoms with van der Waals surface area (Å²) in [6, 6.07) is -1.49. The number of carbonyl (C=O) groups is 2. The summed E-state index contributed by atoms with van der Waals surface area (Å²) < 4.78 is 26.2. The van der Waals surface area contributed by atoms with Crippen LogP contribution < -0.4 is 10.0 Å². The number of aliphatic hydroxyl groups excluding tert-OH is 1. The molecule has 1 fully saturated rings. The zero-order valence-electron chi connectivity index (χ0n) is 17.4. The second kappa shape index (κ2) is 8.76. The second-order valence-corrected chi connectivity index (χ2v) is 10.2. The van der Waals surface area contributed by atoms with Gasteiger partial charge in [-0.25, -0.2) is 17.8 Å². The first kappa shape index (κ1) is 23.2. The first-order chi connectivity index (χ1) is 13.3. The summed E-state index contributed by atoms with van der Waals surface area (Å²) in [5.41, 5.74) is -0.0130. The maximum Gasteiger partial charge on any atom is 0.248 e. The van der Waals surface area contributed by atoms with E-state index in [1.54, 1.807) is 6.20 Å². The molecule has 3 atom stereocenters. The van der Waals surface area contributed by atoms with E-state index < -0.39 is 33.6 Å². The Morgan fingerprint density at radius 3 is 2.59 bits per heavy atom. The van der Waals surface area contributed by atoms with Crippen LogP contribution in [-0.4, -0.2) is 83.8 Å². The van der Waals surface area contributed by atoms with Gasteiger partial charge in [-0.1, -0.05) is 26.0 Å². The molecule has 2 amide bonds. The average Bonchev–Trinajstić information content (AvgIpc) is 3.18. The first-order valence-corrected chi connectivity index (χ1v) is 11.3. The third-order valence-electron chi connectivity index (χ3n) is 4.73. The number of β-amino-alcohol motifs (C(OH)–C–C–N with tert-alkyl or cyclic N) is 1. The topological polar surface area (TPSA) is 147 Å². The number of hydrogen-bond donors (Lipinski definition) is 3. The lowest BCUT2D eigenvalue weighted by Crippen LogP contribution is -2.49. The Bertz CT molecular complexity index is 847. The molecule has 0 unspecified atom stereocenters. The van der Waals surface area contributed by atoms with Crippen molar-refractivity contribution >= 4 is 21.8 Å². The van der Waals surface area contributed by atoms with Gasteiger partial charge in [-0.3, -0.25) is 9.59 Å². The summed E-state index contributed by atoms with van der Waals surface area (Å²) >= 11 is 0. The fourth-order valence-corrected chi connectivity index (χ4v) is 3.90. The number of carbonyl (C=O) groups excluding carboxylic acids is 2. The molecule has 29 heavy (non-hydrogen) atoms. The van der Waals surface area contributed by atoms with E-state index in [1.165, 1.54) is 16.6 Å². The summed E-state index contributed by atoms with van der Waals surface area (Å²) in [6.45, 7) is 5.88. The fourth-order valence-electron chi connectivity index (χ4n) is 3.43. The molecule has 0 aromatic carbocycles. The Kier molecular flexibility index (Phi) is 7.01. The smallest absolute Gasteiger partial charge is 0.248 e. The van der Waals surface area contributed by atoms with Crippen LogP contribution in [0, 0.1) is 5.41 Å². The third kappa shape index (κ3) is 5.97. The fraction of sp³-hybridized carbons (Fsp3) is 0.765. The highest BCUT2D eigenvalue weighted by atomic mass is 32.2. The number of hydrogen-bond acceptors (Lipinski definition) is 7. The molecule has 1 aromatic rings. The lowest BCUT2D eigenvalue weighted by atomic mass is 9.85. The van der Waals surface area contributed by atoms with E-state index in [-0.39, 0.29) is 31.3 Å². The molecule has 0 radical (unpaired) electrons. The molecule has 12 heteroatoms. The van der Waals surface area contributed by atoms with Crippen LogP contribution in [0.15, 0.2) is 6.20 Å². The quantitative estimate of drug-likeness (QED) is 0.485. The van der Waals surface area contributed by atoms with Crippen molar-refractivity contribution in [3.8, 4) is 0 Å². The Balaban J connectivity index is 2.24. The summed E-state index contributed by atoms with van der Waals surface area (Å²) in [5.74, 6) is -0.651. The van der Waals surface area contributed by atoms with Crippen LogP contribution >= 0.6 is 0 Å². The molecular weight excluding hydrogens is 400 g/mol. The highest BCUT2D eigenvalue weighted by Gasteiger charge is 2.44. The van der Waals surface area contributed by atoms with Gasteiger partial charge in [-0.15, -0.1) is 5.10 Å². The largest absolute Gasteiger partial charge is 0.391 e. The van der Waals surface area contributed by atoms with Crippen molar-refractivity contribution in [2.45, 2.75) is 51.8 Å². The lowest BCUT2D eigenvalue weighted by Gasteiger charge is -2.34. The van der Waals surface area contributed by atoms with Gasteiger partial charge < -0.3 is 15.3 Å². The molecule has 3 N–H and O–H groups in total. The zero-order valence-corrected chi connectivity index (χ0v) is 18.2. The molecular formula is C17H30N6O5S. The number of aromatic nitrogens is 3. The Labute approximate surface area is 170 Å². The summed E-state index contributed by atoms with van der Waals surface area (Å²) in [4.78, 5) is 27.0. The number of rotatable bonds is 7. The highest BCUT2D eigenvalue weighted by molar-refractivity contribution is 7.88. The number of likely N-dealkylation sites (N-methyl/N-ethyl adjacent to an activating group) is 1. The molecule has 1 aromatic heterocycles. The van der Waals surface area contributed by atoms with Crippen LogP contribution in [0.5, 0.6) is 0 Å². The molecule has 11 nitrogen and oxygen atoms in total. The van der Waals surface area contributed by atoms with Gasteiger partial charge in [0.15, 0.2) is 0 Å². The number of nitrogens with zero attached hydrogens (tertiary/aromatic N) is 4. The van der Waals surface area contributed by atoms with Gasteiger partial charge in [0.1, 0.15) is 12.1 Å². The van der Waals surface area contributed by atoms with Crippen LogP contribution in [0.1, 0.15) is 38.9 Å². The summed E-state index contributed by atoms with van der Waals surface area (Å²) in [7, 11) is -1.81. The number of likely N-dealkylation sites (tertiary alicyclic amines) is 1. The van der Waals surface area contributed by atoms with E-state index >= 15 is 0 Å². The van der Waals surface area contributed by atoms with E-state index in [0.717, 1.165) is 6.26 Å². The van der Waals surface area contributed by atoms with Crippen molar-refractivity contribution in [1.82, 2.24) is 29.9 Å². The van der Waals surface area contributed by atoms with Crippen LogP contribution in [-0.2, 0) is 26.0 Å². The number of aliphatic hydroxyl groups is 1. The van der Waals surface area contributed by atoms with Crippen molar-refractivity contribution in [1.29, 1.82) is 0 Å². The number of nitrogens with one attached hydrogen (secondary N) is 2. The Morgan fingerprint density at radius 1 is 1.38 bits per heavy atom. The van der Waals surface area contributed by atoms with Gasteiger partial charge in [0.2, 0.25) is 21.8 Å². The SMILES string of the molecule is CNC(=O)[C@@H]1C[C@@H](O)CN1C(=O)[C@@H](n1cc(CCNS(C)(=O)=O)nn1)C(C)(C)C. The van der Waals surface area contributed by atoms with Gasteiger partial charge >= 0.3 is 0 Å². The van der Waals surface area contributed by atoms with Crippen LogP contribution in [0.25, 0.3) is 0 Å². The Hall–Kier alpha value is -2.05. The molecule has 2 heterocycles. The molecule has 1 saturated heterocycles. The average molecular weight is 431 g/mol. The van der Waals surface area contributed by atoms with Crippen molar-refractivity contribution < 1.29 is 23.1 Å². The minimum atomic E-state index is -3.30. The molecule has 0 aliphatic carbocycles. The van der Waals surface area contributed by atoms with Crippen molar-refractivity contribution in [3.05, 3.63) is 11.9 Å². The molecule has 0 bridgehead atoms. The van der Waals surface area contributed by atoms with E-state index in [9.17, 15) is 23.1 Å². The van der Waals surface area contributed by atoms with Gasteiger partial charge in [-0.05, 0) is 5.41 Å². The van der Waals surface area contributed by atoms with E-state index in [0.29, 0.717) is 12.1 Å². The minimum Gasteiger partial charge on any atom is -0.391 e. The van der Waals surface area contributed by atoms with Gasteiger partial charge in [0.05, 0.1) is 18.1 Å². The van der Waals surface area contributed by atoms with E-state index in [2.05, 4.69) is 20.4 Å². The Morgan fingerprint density at radius 2 is 2.03 bits per heavy atom. The van der Waals surface area contributed by atoms with Crippen molar-refractivity contribution in [3.63, 3.8) is 0 Å². The maximum atomic E-state index is 13.4. The monoisotopic (exact) mass is 430 g/mol. The van der Waals surface area contributed by atoms with Crippen molar-refractivity contribution in [2.75, 3.05) is 26.4 Å². The second-order valence-electron chi connectivity index (χ2n) is 8.39. The standard InChI is InChI=1S/C17H30N6O5S/c1-17(2,3)14(16(26)22-10-12(24)8-13(22)15(25)18-4)23-9-11(20-21-23)6-7-19-29(5,27)28/h9,12-14,19,24H,6-8,10H2,1-5H3,(H,18,25)/t12-,13+,14-/m1/s1. The lowest BCUT2D eigenvalue weighted by molar-refractivity contribution is -0.144. The van der Waals surface area contributed by atoms with Gasteiger partial charge in [0.25, 0.3) is 0 Å². The third-order valence-corrected chi connectivity index (χ3v) is 5.46. The summed E-state index contributed by atoms with van der Waals surface area (Å²) in [5, 5.41) is 20.7. The molecule has 2 rings (SSSR count). The zero-order chi connectivity index (χ0) is 22.0. The van der Waals surface area contributed by atoms with Crippen LogP contribution in [0.4, 0.5) is 0 Å². The highest BCUT2D eigenvalue weighted by Crippen LogP contribution is 2.34. The maximum absolute atomic E-state index is 13.4. The van der Waals surface area contributed by atoms with Gasteiger partial charge in [-0.2, -0.15) is 0 Å². The normalized spacial score (nSPS) is 21.2. The first-order valence-electron chi connectivity index (χ1n) is 9.39. The predicted octanol–water partition coefficient (Wildman–Crippen LogP) is -1.34. The molecule has 164 valence electrons. The van der Waals surface area contributed by atoms with Crippen LogP contribution in [0.3, 0.4) is 0 Å². The number of amides is 2. The summed E-state index contributed by atoms with van der Waals surface area (Å²) in [6.07, 6.45) is 2.42. The van der Waals surface area contributed by atoms with Gasteiger partial charge in [0, 0.05) is 39.2 Å². The minimum absolute atomic E-state index is 0.0728. The molecule has 0 spiro atoms. The van der Waals surface area contributed by atoms with Crippen molar-refractivity contribution in [2.24, 2.45) is 5.41 Å². The van der Waals surface area contributed by atoms with E-state index in [1.807, 2.05) is 20.8 Å².